The molecule has 0 radical (unpaired) electrons. The molecule has 2 bridgehead atoms. The Morgan fingerprint density at radius 3 is 2.59 bits per heavy atom. The van der Waals surface area contributed by atoms with E-state index in [1.165, 1.54) is 0 Å². The van der Waals surface area contributed by atoms with Gasteiger partial charge in [0, 0.05) is 23.7 Å². The molecule has 5 rings (SSSR count). The van der Waals surface area contributed by atoms with Crippen LogP contribution in [0, 0.1) is 5.92 Å². The summed E-state index contributed by atoms with van der Waals surface area (Å²) in [5.41, 5.74) is 1.24. The minimum Gasteiger partial charge on any atom is -0.454 e. The van der Waals surface area contributed by atoms with E-state index < -0.39 is 0 Å². The third-order valence-corrected chi connectivity index (χ3v) is 5.71. The Balaban J connectivity index is 1.32. The molecule has 3 atom stereocenters. The summed E-state index contributed by atoms with van der Waals surface area (Å²) in [7, 11) is 0. The summed E-state index contributed by atoms with van der Waals surface area (Å²) in [4.78, 5) is 27.5. The molecule has 3 aliphatic rings. The Morgan fingerprint density at radius 1 is 0.963 bits per heavy atom. The van der Waals surface area contributed by atoms with E-state index in [1.807, 2.05) is 23.1 Å². The normalized spacial score (nSPS) is 24.9. The largest absolute Gasteiger partial charge is 0.454 e. The monoisotopic (exact) mass is 364 g/mol. The maximum absolute atomic E-state index is 13.1. The molecule has 6 nitrogen and oxygen atoms in total. The number of piperidine rings is 1. The van der Waals surface area contributed by atoms with Crippen LogP contribution >= 0.6 is 0 Å². The lowest BCUT2D eigenvalue weighted by Crippen LogP contribution is -2.51. The second-order valence-electron chi connectivity index (χ2n) is 7.38. The van der Waals surface area contributed by atoms with Gasteiger partial charge in [-0.25, -0.2) is 0 Å². The topological polar surface area (TPSA) is 67.9 Å². The zero-order chi connectivity index (χ0) is 18.4. The predicted octanol–water partition coefficient (Wildman–Crippen LogP) is 2.45. The molecule has 0 unspecified atom stereocenters. The van der Waals surface area contributed by atoms with Crippen molar-refractivity contribution in [1.29, 1.82) is 0 Å². The van der Waals surface area contributed by atoms with Crippen molar-refractivity contribution >= 4 is 11.8 Å². The van der Waals surface area contributed by atoms with Gasteiger partial charge in [0.05, 0.1) is 6.04 Å². The molecule has 0 aromatic heterocycles. The molecule has 2 amide bonds. The van der Waals surface area contributed by atoms with Gasteiger partial charge in [0.1, 0.15) is 0 Å². The fourth-order valence-electron chi connectivity index (χ4n) is 4.45. The fourth-order valence-corrected chi connectivity index (χ4v) is 4.45. The van der Waals surface area contributed by atoms with Crippen molar-refractivity contribution in [3.05, 3.63) is 59.7 Å². The van der Waals surface area contributed by atoms with Gasteiger partial charge in [-0.2, -0.15) is 0 Å². The first kappa shape index (κ1) is 16.2. The van der Waals surface area contributed by atoms with E-state index in [0.717, 1.165) is 19.4 Å². The van der Waals surface area contributed by atoms with E-state index in [-0.39, 0.29) is 30.7 Å². The van der Waals surface area contributed by atoms with Gasteiger partial charge < -0.3 is 19.7 Å². The number of rotatable bonds is 3. The number of carbonyl (C=O) groups excluding carboxylic acids is 2. The van der Waals surface area contributed by atoms with Crippen molar-refractivity contribution < 1.29 is 19.1 Å². The Morgan fingerprint density at radius 2 is 1.78 bits per heavy atom. The van der Waals surface area contributed by atoms with Gasteiger partial charge in [-0.1, -0.05) is 18.2 Å². The van der Waals surface area contributed by atoms with Gasteiger partial charge >= 0.3 is 0 Å². The predicted molar refractivity (Wildman–Crippen MR) is 97.8 cm³/mol. The lowest BCUT2D eigenvalue weighted by molar-refractivity contribution is 0.0648. The van der Waals surface area contributed by atoms with Crippen LogP contribution in [-0.4, -0.2) is 42.1 Å². The van der Waals surface area contributed by atoms with Crippen LogP contribution in [0.25, 0.3) is 0 Å². The summed E-state index contributed by atoms with van der Waals surface area (Å²) in [5, 5.41) is 3.13. The SMILES string of the molecule is O=C(N[C@H]1C[C@@H]2C[C@H]1N(C(=O)c1ccc3c(c1)OCO3)C2)c1ccccc1. The average Bonchev–Trinajstić information content (AvgIpc) is 3.42. The highest BCUT2D eigenvalue weighted by atomic mass is 16.7. The number of likely N-dealkylation sites (tertiary alicyclic amines) is 1. The summed E-state index contributed by atoms with van der Waals surface area (Å²) in [6.45, 7) is 0.935. The molecule has 1 saturated heterocycles. The van der Waals surface area contributed by atoms with Crippen LogP contribution in [0.15, 0.2) is 48.5 Å². The van der Waals surface area contributed by atoms with Crippen molar-refractivity contribution in [3.8, 4) is 11.5 Å². The average molecular weight is 364 g/mol. The molecule has 1 aliphatic carbocycles. The van der Waals surface area contributed by atoms with Crippen molar-refractivity contribution in [2.75, 3.05) is 13.3 Å². The van der Waals surface area contributed by atoms with Crippen molar-refractivity contribution in [2.45, 2.75) is 24.9 Å². The molecular weight excluding hydrogens is 344 g/mol. The van der Waals surface area contributed by atoms with E-state index in [9.17, 15) is 9.59 Å². The number of fused-ring (bicyclic) bond motifs is 3. The maximum Gasteiger partial charge on any atom is 0.254 e. The third kappa shape index (κ3) is 2.81. The Kier molecular flexibility index (Phi) is 3.77. The number of carbonyl (C=O) groups is 2. The molecule has 6 heteroatoms. The van der Waals surface area contributed by atoms with Gasteiger partial charge in [0.15, 0.2) is 11.5 Å². The van der Waals surface area contributed by atoms with Gasteiger partial charge in [0.2, 0.25) is 6.79 Å². The summed E-state index contributed by atoms with van der Waals surface area (Å²) in [5.74, 6) is 1.62. The Bertz CT molecular complexity index is 898. The maximum atomic E-state index is 13.1. The number of hydrogen-bond donors (Lipinski definition) is 1. The quantitative estimate of drug-likeness (QED) is 0.908. The standard InChI is InChI=1S/C21H20N2O4/c24-20(14-4-2-1-3-5-14)22-16-8-13-9-17(16)23(11-13)21(25)15-6-7-18-19(10-15)27-12-26-18/h1-7,10,13,16-17H,8-9,11-12H2,(H,22,24)/t13-,16+,17-/m1/s1. The van der Waals surface area contributed by atoms with E-state index in [1.54, 1.807) is 30.3 Å². The van der Waals surface area contributed by atoms with E-state index in [0.29, 0.717) is 28.5 Å². The van der Waals surface area contributed by atoms with Crippen LogP contribution < -0.4 is 14.8 Å². The molecule has 2 fully saturated rings. The number of amides is 2. The van der Waals surface area contributed by atoms with Crippen LogP contribution in [0.3, 0.4) is 0 Å². The Labute approximate surface area is 157 Å². The molecule has 2 aliphatic heterocycles. The van der Waals surface area contributed by atoms with Crippen LogP contribution in [-0.2, 0) is 0 Å². The highest BCUT2D eigenvalue weighted by molar-refractivity contribution is 5.96. The lowest BCUT2D eigenvalue weighted by atomic mass is 10.0. The second-order valence-corrected chi connectivity index (χ2v) is 7.38. The first-order chi connectivity index (χ1) is 13.2. The molecule has 2 aromatic rings. The van der Waals surface area contributed by atoms with Crippen LogP contribution in [0.5, 0.6) is 11.5 Å². The molecule has 2 heterocycles. The van der Waals surface area contributed by atoms with Gasteiger partial charge in [-0.15, -0.1) is 0 Å². The zero-order valence-electron chi connectivity index (χ0n) is 14.8. The number of nitrogens with zero attached hydrogens (tertiary/aromatic N) is 1. The van der Waals surface area contributed by atoms with Crippen molar-refractivity contribution in [3.63, 3.8) is 0 Å². The summed E-state index contributed by atoms with van der Waals surface area (Å²) in [6, 6.07) is 14.5. The van der Waals surface area contributed by atoms with Gasteiger partial charge in [-0.3, -0.25) is 9.59 Å². The third-order valence-electron chi connectivity index (χ3n) is 5.71. The highest BCUT2D eigenvalue weighted by Crippen LogP contribution is 2.40. The zero-order valence-corrected chi connectivity index (χ0v) is 14.8. The molecule has 0 spiro atoms. The molecular formula is C21H20N2O4. The van der Waals surface area contributed by atoms with Gasteiger partial charge in [-0.05, 0) is 49.1 Å². The second kappa shape index (κ2) is 6.30. The summed E-state index contributed by atoms with van der Waals surface area (Å²) >= 11 is 0. The number of hydrogen-bond acceptors (Lipinski definition) is 4. The Hall–Kier alpha value is -3.02. The molecule has 1 saturated carbocycles. The first-order valence-corrected chi connectivity index (χ1v) is 9.25. The smallest absolute Gasteiger partial charge is 0.254 e. The van der Waals surface area contributed by atoms with E-state index >= 15 is 0 Å². The molecule has 2 aromatic carbocycles. The lowest BCUT2D eigenvalue weighted by Gasteiger charge is -2.33. The number of ether oxygens (including phenoxy) is 2. The van der Waals surface area contributed by atoms with Crippen molar-refractivity contribution in [1.82, 2.24) is 10.2 Å². The van der Waals surface area contributed by atoms with Crippen molar-refractivity contribution in [2.24, 2.45) is 5.92 Å². The number of benzene rings is 2. The van der Waals surface area contributed by atoms with E-state index in [4.69, 9.17) is 9.47 Å². The fraction of sp³-hybridized carbons (Fsp3) is 0.333. The minimum atomic E-state index is -0.0800. The molecule has 27 heavy (non-hydrogen) atoms. The van der Waals surface area contributed by atoms with Crippen LogP contribution in [0.2, 0.25) is 0 Å². The van der Waals surface area contributed by atoms with E-state index in [2.05, 4.69) is 5.32 Å². The molecule has 1 N–H and O–H groups in total. The minimum absolute atomic E-state index is 0.00517. The summed E-state index contributed by atoms with van der Waals surface area (Å²) < 4.78 is 10.7. The summed E-state index contributed by atoms with van der Waals surface area (Å²) in [6.07, 6.45) is 1.87. The van der Waals surface area contributed by atoms with Gasteiger partial charge in [0.25, 0.3) is 11.8 Å². The highest BCUT2D eigenvalue weighted by Gasteiger charge is 2.47. The van der Waals surface area contributed by atoms with Crippen LogP contribution in [0.1, 0.15) is 33.6 Å². The first-order valence-electron chi connectivity index (χ1n) is 9.25. The van der Waals surface area contributed by atoms with Crippen LogP contribution in [0.4, 0.5) is 0 Å². The number of nitrogens with one attached hydrogen (secondary N) is 1. The molecule has 138 valence electrons.